The van der Waals surface area contributed by atoms with Gasteiger partial charge in [-0.25, -0.2) is 0 Å². The first-order valence-corrected chi connectivity index (χ1v) is 7.24. The van der Waals surface area contributed by atoms with Crippen molar-refractivity contribution in [2.45, 2.75) is 31.8 Å². The van der Waals surface area contributed by atoms with E-state index in [2.05, 4.69) is 37.3 Å². The molecule has 1 fully saturated rings. The number of carbonyl (C=O) groups excluding carboxylic acids is 1. The summed E-state index contributed by atoms with van der Waals surface area (Å²) in [5.41, 5.74) is 7.35. The molecule has 0 aromatic heterocycles. The first kappa shape index (κ1) is 13.1. The zero-order valence-electron chi connectivity index (χ0n) is 11.8. The summed E-state index contributed by atoms with van der Waals surface area (Å²) in [7, 11) is 0. The summed E-state index contributed by atoms with van der Waals surface area (Å²) in [6, 6.07) is 14.6. The molecule has 0 spiro atoms. The van der Waals surface area contributed by atoms with Crippen molar-refractivity contribution in [2.24, 2.45) is 5.73 Å². The van der Waals surface area contributed by atoms with Gasteiger partial charge in [0, 0.05) is 19.0 Å². The van der Waals surface area contributed by atoms with Gasteiger partial charge < -0.3 is 10.6 Å². The standard InChI is InChI=1S/C17H20N2O/c1-2-9-19-16(20)11-15(18)17(19)14-8-7-12-5-3-4-6-13(12)10-14/h3-8,10,15,17H,2,9,11,18H2,1H3. The quantitative estimate of drug-likeness (QED) is 0.930. The fourth-order valence-electron chi connectivity index (χ4n) is 3.14. The van der Waals surface area contributed by atoms with Gasteiger partial charge in [-0.2, -0.15) is 0 Å². The molecule has 0 bridgehead atoms. The van der Waals surface area contributed by atoms with Gasteiger partial charge in [0.05, 0.1) is 6.04 Å². The number of nitrogens with two attached hydrogens (primary N) is 1. The van der Waals surface area contributed by atoms with E-state index < -0.39 is 0 Å². The van der Waals surface area contributed by atoms with Crippen LogP contribution in [0.5, 0.6) is 0 Å². The Labute approximate surface area is 119 Å². The number of hydrogen-bond donors (Lipinski definition) is 1. The summed E-state index contributed by atoms with van der Waals surface area (Å²) < 4.78 is 0. The molecule has 1 amide bonds. The summed E-state index contributed by atoms with van der Waals surface area (Å²) in [5, 5.41) is 2.42. The van der Waals surface area contributed by atoms with Gasteiger partial charge in [-0.1, -0.05) is 43.3 Å². The van der Waals surface area contributed by atoms with E-state index in [4.69, 9.17) is 5.73 Å². The summed E-state index contributed by atoms with van der Waals surface area (Å²) in [4.78, 5) is 14.0. The van der Waals surface area contributed by atoms with E-state index in [0.29, 0.717) is 6.42 Å². The molecule has 2 aromatic carbocycles. The maximum atomic E-state index is 12.1. The molecule has 104 valence electrons. The predicted molar refractivity (Wildman–Crippen MR) is 81.3 cm³/mol. The van der Waals surface area contributed by atoms with E-state index in [1.165, 1.54) is 10.8 Å². The van der Waals surface area contributed by atoms with Crippen molar-refractivity contribution in [3.8, 4) is 0 Å². The van der Waals surface area contributed by atoms with Crippen molar-refractivity contribution in [2.75, 3.05) is 6.54 Å². The highest BCUT2D eigenvalue weighted by atomic mass is 16.2. The Morgan fingerprint density at radius 1 is 1.20 bits per heavy atom. The lowest BCUT2D eigenvalue weighted by molar-refractivity contribution is -0.129. The molecule has 2 unspecified atom stereocenters. The third-order valence-corrected chi connectivity index (χ3v) is 4.05. The molecule has 3 nitrogen and oxygen atoms in total. The van der Waals surface area contributed by atoms with Gasteiger partial charge in [-0.15, -0.1) is 0 Å². The second kappa shape index (κ2) is 5.25. The fourth-order valence-corrected chi connectivity index (χ4v) is 3.14. The van der Waals surface area contributed by atoms with E-state index in [1.54, 1.807) is 0 Å². The number of rotatable bonds is 3. The molecule has 3 rings (SSSR count). The highest BCUT2D eigenvalue weighted by Gasteiger charge is 2.37. The maximum absolute atomic E-state index is 12.1. The van der Waals surface area contributed by atoms with Gasteiger partial charge in [-0.05, 0) is 28.8 Å². The lowest BCUT2D eigenvalue weighted by Gasteiger charge is -2.27. The maximum Gasteiger partial charge on any atom is 0.224 e. The van der Waals surface area contributed by atoms with E-state index in [9.17, 15) is 4.79 Å². The minimum atomic E-state index is -0.102. The molecule has 2 aromatic rings. The van der Waals surface area contributed by atoms with Gasteiger partial charge in [0.25, 0.3) is 0 Å². The van der Waals surface area contributed by atoms with E-state index in [1.807, 2.05) is 17.0 Å². The van der Waals surface area contributed by atoms with Crippen molar-refractivity contribution in [1.29, 1.82) is 0 Å². The summed E-state index contributed by atoms with van der Waals surface area (Å²) in [6.45, 7) is 2.87. The molecule has 0 radical (unpaired) electrons. The third kappa shape index (κ3) is 2.18. The number of nitrogens with zero attached hydrogens (tertiary/aromatic N) is 1. The summed E-state index contributed by atoms with van der Waals surface area (Å²) in [5.74, 6) is 0.178. The Bertz CT molecular complexity index is 638. The van der Waals surface area contributed by atoms with Crippen molar-refractivity contribution in [3.63, 3.8) is 0 Å². The van der Waals surface area contributed by atoms with Crippen LogP contribution in [0.25, 0.3) is 10.8 Å². The minimum Gasteiger partial charge on any atom is -0.334 e. The summed E-state index contributed by atoms with van der Waals surface area (Å²) >= 11 is 0. The van der Waals surface area contributed by atoms with Crippen LogP contribution in [0.1, 0.15) is 31.4 Å². The van der Waals surface area contributed by atoms with Crippen molar-refractivity contribution < 1.29 is 4.79 Å². The Hall–Kier alpha value is -1.87. The third-order valence-electron chi connectivity index (χ3n) is 4.05. The topological polar surface area (TPSA) is 46.3 Å². The van der Waals surface area contributed by atoms with Crippen molar-refractivity contribution >= 4 is 16.7 Å². The molecule has 0 saturated carbocycles. The Morgan fingerprint density at radius 2 is 1.95 bits per heavy atom. The van der Waals surface area contributed by atoms with Crippen LogP contribution >= 0.6 is 0 Å². The van der Waals surface area contributed by atoms with Gasteiger partial charge in [-0.3, -0.25) is 4.79 Å². The second-order valence-corrected chi connectivity index (χ2v) is 5.51. The van der Waals surface area contributed by atoms with Crippen LogP contribution < -0.4 is 5.73 Å². The summed E-state index contributed by atoms with van der Waals surface area (Å²) in [6.07, 6.45) is 1.42. The number of benzene rings is 2. The van der Waals surface area contributed by atoms with Crippen LogP contribution in [0.3, 0.4) is 0 Å². The molecule has 2 atom stereocenters. The molecular formula is C17H20N2O. The lowest BCUT2D eigenvalue weighted by Crippen LogP contribution is -2.33. The molecule has 1 saturated heterocycles. The van der Waals surface area contributed by atoms with Crippen LogP contribution in [0.15, 0.2) is 42.5 Å². The van der Waals surface area contributed by atoms with Crippen LogP contribution in [0.2, 0.25) is 0 Å². The Balaban J connectivity index is 2.01. The second-order valence-electron chi connectivity index (χ2n) is 5.51. The zero-order chi connectivity index (χ0) is 14.1. The number of carbonyl (C=O) groups is 1. The number of hydrogen-bond acceptors (Lipinski definition) is 2. The van der Waals surface area contributed by atoms with Crippen LogP contribution in [-0.4, -0.2) is 23.4 Å². The predicted octanol–water partition coefficient (Wildman–Crippen LogP) is 2.85. The lowest BCUT2D eigenvalue weighted by atomic mass is 9.97. The SMILES string of the molecule is CCCN1C(=O)CC(N)C1c1ccc2ccccc2c1. The number of fused-ring (bicyclic) bond motifs is 1. The van der Waals surface area contributed by atoms with Crippen molar-refractivity contribution in [3.05, 3.63) is 48.0 Å². The van der Waals surface area contributed by atoms with Crippen molar-refractivity contribution in [1.82, 2.24) is 4.90 Å². The van der Waals surface area contributed by atoms with Gasteiger partial charge >= 0.3 is 0 Å². The molecule has 3 heteroatoms. The first-order chi connectivity index (χ1) is 9.70. The monoisotopic (exact) mass is 268 g/mol. The fraction of sp³-hybridized carbons (Fsp3) is 0.353. The average molecular weight is 268 g/mol. The molecule has 1 aliphatic rings. The molecule has 0 aliphatic carbocycles. The van der Waals surface area contributed by atoms with E-state index in [-0.39, 0.29) is 18.0 Å². The zero-order valence-corrected chi connectivity index (χ0v) is 11.8. The normalized spacial score (nSPS) is 22.7. The molecule has 1 aliphatic heterocycles. The number of likely N-dealkylation sites (tertiary alicyclic amines) is 1. The smallest absolute Gasteiger partial charge is 0.224 e. The molecule has 1 heterocycles. The molecule has 20 heavy (non-hydrogen) atoms. The van der Waals surface area contributed by atoms with Gasteiger partial charge in [0.15, 0.2) is 0 Å². The van der Waals surface area contributed by atoms with Gasteiger partial charge in [0.1, 0.15) is 0 Å². The highest BCUT2D eigenvalue weighted by Crippen LogP contribution is 2.33. The number of amides is 1. The first-order valence-electron chi connectivity index (χ1n) is 7.24. The largest absolute Gasteiger partial charge is 0.334 e. The van der Waals surface area contributed by atoms with E-state index >= 15 is 0 Å². The average Bonchev–Trinajstić information content (AvgIpc) is 2.73. The van der Waals surface area contributed by atoms with Crippen LogP contribution in [0, 0.1) is 0 Å². The molecular weight excluding hydrogens is 248 g/mol. The Morgan fingerprint density at radius 3 is 2.70 bits per heavy atom. The van der Waals surface area contributed by atoms with Crippen LogP contribution in [-0.2, 0) is 4.79 Å². The Kier molecular flexibility index (Phi) is 3.45. The van der Waals surface area contributed by atoms with Gasteiger partial charge in [0.2, 0.25) is 5.91 Å². The highest BCUT2D eigenvalue weighted by molar-refractivity contribution is 5.84. The minimum absolute atomic E-state index is 0.0204. The molecule has 2 N–H and O–H groups in total. The van der Waals surface area contributed by atoms with E-state index in [0.717, 1.165) is 18.5 Å². The van der Waals surface area contributed by atoms with Crippen LogP contribution in [0.4, 0.5) is 0 Å².